The molecule has 0 atom stereocenters. The van der Waals surface area contributed by atoms with Crippen molar-refractivity contribution in [3.05, 3.63) is 58.8 Å². The van der Waals surface area contributed by atoms with Crippen LogP contribution in [0.25, 0.3) is 6.08 Å². The zero-order chi connectivity index (χ0) is 20.3. The molecule has 3 rings (SSSR count). The van der Waals surface area contributed by atoms with Gasteiger partial charge in [-0.2, -0.15) is 0 Å². The van der Waals surface area contributed by atoms with E-state index in [0.717, 1.165) is 11.8 Å². The first kappa shape index (κ1) is 19.8. The smallest absolute Gasteiger partial charge is 0.270 e. The first-order valence-electron chi connectivity index (χ1n) is 8.01. The fourth-order valence-corrected chi connectivity index (χ4v) is 3.77. The fraction of sp³-hybridized carbons (Fsp3) is 0.105. The molecular formula is C19H15FN2O4S2. The molecule has 1 aliphatic rings. The van der Waals surface area contributed by atoms with Gasteiger partial charge in [0.15, 0.2) is 22.4 Å². The second kappa shape index (κ2) is 8.41. The molecule has 0 unspecified atom stereocenters. The third kappa shape index (κ3) is 4.32. The molecule has 6 nitrogen and oxygen atoms in total. The van der Waals surface area contributed by atoms with Gasteiger partial charge in [-0.3, -0.25) is 14.5 Å². The van der Waals surface area contributed by atoms with Crippen molar-refractivity contribution >= 4 is 51.9 Å². The Bertz CT molecular complexity index is 976. The summed E-state index contributed by atoms with van der Waals surface area (Å²) in [6.07, 6.45) is 1.67. The summed E-state index contributed by atoms with van der Waals surface area (Å²) in [5.74, 6) is -0.540. The first-order chi connectivity index (χ1) is 13.4. The average molecular weight is 418 g/mol. The highest BCUT2D eigenvalue weighted by Crippen LogP contribution is 2.37. The number of thiocarbonyl (C=S) groups is 1. The van der Waals surface area contributed by atoms with E-state index in [-0.39, 0.29) is 12.5 Å². The van der Waals surface area contributed by atoms with Gasteiger partial charge in [0.2, 0.25) is 0 Å². The zero-order valence-corrected chi connectivity index (χ0v) is 16.3. The molecule has 1 heterocycles. The van der Waals surface area contributed by atoms with Gasteiger partial charge < -0.3 is 15.2 Å². The van der Waals surface area contributed by atoms with E-state index in [4.69, 9.17) is 27.4 Å². The Morgan fingerprint density at radius 2 is 1.96 bits per heavy atom. The van der Waals surface area contributed by atoms with Gasteiger partial charge in [0.1, 0.15) is 5.82 Å². The van der Waals surface area contributed by atoms with Crippen molar-refractivity contribution < 1.29 is 23.5 Å². The summed E-state index contributed by atoms with van der Waals surface area (Å²) >= 11 is 6.45. The summed E-state index contributed by atoms with van der Waals surface area (Å²) in [6.45, 7) is -0.272. The number of carbonyl (C=O) groups excluding carboxylic acids is 2. The number of rotatable bonds is 6. The summed E-state index contributed by atoms with van der Waals surface area (Å²) in [6, 6.07) is 10.5. The predicted octanol–water partition coefficient (Wildman–Crippen LogP) is 3.10. The number of ether oxygens (including phenoxy) is 2. The van der Waals surface area contributed by atoms with Crippen LogP contribution in [0.5, 0.6) is 11.5 Å². The molecule has 0 saturated carbocycles. The fourth-order valence-electron chi connectivity index (χ4n) is 2.47. The minimum Gasteiger partial charge on any atom is -0.493 e. The van der Waals surface area contributed by atoms with Crippen LogP contribution in [0.2, 0.25) is 0 Å². The highest BCUT2D eigenvalue weighted by Gasteiger charge is 2.33. The standard InChI is InChI=1S/C19H15FN2O4S2/c1-25-15-8-11(2-7-14(15)26-10-17(21)23)9-16-18(24)22(19(27)28-16)13-5-3-12(20)4-6-13/h2-9H,10H2,1H3,(H2,21,23)/b16-9-. The quantitative estimate of drug-likeness (QED) is 0.574. The van der Waals surface area contributed by atoms with E-state index < -0.39 is 11.7 Å². The zero-order valence-electron chi connectivity index (χ0n) is 14.7. The van der Waals surface area contributed by atoms with Gasteiger partial charge in [0, 0.05) is 0 Å². The second-order valence-electron chi connectivity index (χ2n) is 5.66. The van der Waals surface area contributed by atoms with Crippen LogP contribution in [0.1, 0.15) is 5.56 Å². The van der Waals surface area contributed by atoms with Crippen LogP contribution >= 0.6 is 24.0 Å². The molecule has 9 heteroatoms. The molecule has 1 saturated heterocycles. The minimum absolute atomic E-state index is 0.272. The van der Waals surface area contributed by atoms with Crippen LogP contribution in [0.3, 0.4) is 0 Å². The van der Waals surface area contributed by atoms with Crippen LogP contribution in [-0.4, -0.2) is 29.9 Å². The summed E-state index contributed by atoms with van der Waals surface area (Å²) in [5, 5.41) is 0. The number of primary amides is 1. The Balaban J connectivity index is 1.85. The molecule has 0 aliphatic carbocycles. The van der Waals surface area contributed by atoms with Gasteiger partial charge in [-0.1, -0.05) is 30.0 Å². The topological polar surface area (TPSA) is 81.9 Å². The Hall–Kier alpha value is -2.91. The van der Waals surface area contributed by atoms with Crippen LogP contribution in [0, 0.1) is 5.82 Å². The number of halogens is 1. The predicted molar refractivity (Wildman–Crippen MR) is 110 cm³/mol. The van der Waals surface area contributed by atoms with E-state index in [9.17, 15) is 14.0 Å². The monoisotopic (exact) mass is 418 g/mol. The average Bonchev–Trinajstić information content (AvgIpc) is 2.94. The van der Waals surface area contributed by atoms with Gasteiger partial charge >= 0.3 is 0 Å². The maximum atomic E-state index is 13.1. The van der Waals surface area contributed by atoms with Crippen molar-refractivity contribution in [3.8, 4) is 11.5 Å². The van der Waals surface area contributed by atoms with E-state index in [1.807, 2.05) is 0 Å². The minimum atomic E-state index is -0.601. The summed E-state index contributed by atoms with van der Waals surface area (Å²) < 4.78 is 24.0. The molecule has 0 bridgehead atoms. The van der Waals surface area contributed by atoms with Crippen molar-refractivity contribution in [1.82, 2.24) is 0 Å². The largest absolute Gasteiger partial charge is 0.493 e. The molecule has 2 aromatic carbocycles. The third-order valence-corrected chi connectivity index (χ3v) is 5.04. The van der Waals surface area contributed by atoms with Crippen LogP contribution in [-0.2, 0) is 9.59 Å². The van der Waals surface area contributed by atoms with Crippen molar-refractivity contribution in [2.45, 2.75) is 0 Å². The molecule has 0 aromatic heterocycles. The highest BCUT2D eigenvalue weighted by molar-refractivity contribution is 8.27. The number of hydrogen-bond acceptors (Lipinski definition) is 6. The van der Waals surface area contributed by atoms with Crippen LogP contribution < -0.4 is 20.1 Å². The van der Waals surface area contributed by atoms with Gasteiger partial charge in [-0.05, 0) is 48.0 Å². The summed E-state index contributed by atoms with van der Waals surface area (Å²) in [4.78, 5) is 25.4. The third-order valence-electron chi connectivity index (χ3n) is 3.73. The second-order valence-corrected chi connectivity index (χ2v) is 7.33. The number of amides is 2. The van der Waals surface area contributed by atoms with E-state index in [0.29, 0.717) is 32.0 Å². The Morgan fingerprint density at radius 1 is 1.25 bits per heavy atom. The number of methoxy groups -OCH3 is 1. The van der Waals surface area contributed by atoms with Gasteiger partial charge in [0.25, 0.3) is 11.8 Å². The lowest BCUT2D eigenvalue weighted by Gasteiger charge is -2.14. The van der Waals surface area contributed by atoms with Crippen molar-refractivity contribution in [2.75, 3.05) is 18.6 Å². The molecule has 144 valence electrons. The number of nitrogens with zero attached hydrogens (tertiary/aromatic N) is 1. The molecule has 28 heavy (non-hydrogen) atoms. The number of thioether (sulfide) groups is 1. The molecule has 0 spiro atoms. The summed E-state index contributed by atoms with van der Waals surface area (Å²) in [5.41, 5.74) is 6.26. The molecule has 1 fully saturated rings. The normalized spacial score (nSPS) is 15.2. The van der Waals surface area contributed by atoms with Crippen molar-refractivity contribution in [2.24, 2.45) is 5.73 Å². The molecule has 0 radical (unpaired) electrons. The molecule has 2 aromatic rings. The van der Waals surface area contributed by atoms with Crippen molar-refractivity contribution in [3.63, 3.8) is 0 Å². The first-order valence-corrected chi connectivity index (χ1v) is 9.24. The van der Waals surface area contributed by atoms with E-state index >= 15 is 0 Å². The maximum Gasteiger partial charge on any atom is 0.270 e. The van der Waals surface area contributed by atoms with E-state index in [2.05, 4.69) is 0 Å². The molecule has 2 N–H and O–H groups in total. The Morgan fingerprint density at radius 3 is 2.61 bits per heavy atom. The van der Waals surface area contributed by atoms with Gasteiger partial charge in [0.05, 0.1) is 17.7 Å². The number of hydrogen-bond donors (Lipinski definition) is 1. The lowest BCUT2D eigenvalue weighted by molar-refractivity contribution is -0.120. The van der Waals surface area contributed by atoms with Gasteiger partial charge in [-0.25, -0.2) is 4.39 Å². The maximum absolute atomic E-state index is 13.1. The Kier molecular flexibility index (Phi) is 5.96. The van der Waals surface area contributed by atoms with E-state index in [1.165, 1.54) is 36.3 Å². The molecule has 1 aliphatic heterocycles. The number of benzene rings is 2. The lowest BCUT2D eigenvalue weighted by Crippen LogP contribution is -2.27. The highest BCUT2D eigenvalue weighted by atomic mass is 32.2. The van der Waals surface area contributed by atoms with Gasteiger partial charge in [-0.15, -0.1) is 0 Å². The number of anilines is 1. The SMILES string of the molecule is COc1cc(/C=C2\SC(=S)N(c3ccc(F)cc3)C2=O)ccc1OCC(N)=O. The molecule has 2 amide bonds. The van der Waals surface area contributed by atoms with Crippen LogP contribution in [0.4, 0.5) is 10.1 Å². The number of nitrogens with two attached hydrogens (primary N) is 1. The van der Waals surface area contributed by atoms with E-state index in [1.54, 1.807) is 24.3 Å². The Labute approximate surface area is 170 Å². The molecular weight excluding hydrogens is 403 g/mol. The van der Waals surface area contributed by atoms with Crippen LogP contribution in [0.15, 0.2) is 47.4 Å². The van der Waals surface area contributed by atoms with Crippen molar-refractivity contribution in [1.29, 1.82) is 0 Å². The number of carbonyl (C=O) groups is 2. The lowest BCUT2D eigenvalue weighted by atomic mass is 10.2. The summed E-state index contributed by atoms with van der Waals surface area (Å²) in [7, 11) is 1.46.